The third-order valence-corrected chi connectivity index (χ3v) is 3.73. The number of hydrogen-bond acceptors (Lipinski definition) is 4. The summed E-state index contributed by atoms with van der Waals surface area (Å²) in [6, 6.07) is 0. The Balaban J connectivity index is 2.10. The molecule has 1 aliphatic heterocycles. The van der Waals surface area contributed by atoms with E-state index in [9.17, 15) is 4.79 Å². The molecule has 0 aliphatic carbocycles. The number of ether oxygens (including phenoxy) is 1. The van der Waals surface area contributed by atoms with E-state index >= 15 is 0 Å². The van der Waals surface area contributed by atoms with Crippen LogP contribution in [0, 0.1) is 0 Å². The van der Waals surface area contributed by atoms with Crippen molar-refractivity contribution in [3.05, 3.63) is 26.9 Å². The van der Waals surface area contributed by atoms with E-state index in [1.54, 1.807) is 0 Å². The van der Waals surface area contributed by atoms with Crippen molar-refractivity contribution in [3.8, 4) is 0 Å². The van der Waals surface area contributed by atoms with Crippen molar-refractivity contribution in [1.29, 1.82) is 0 Å². The summed E-state index contributed by atoms with van der Waals surface area (Å²) in [5.74, 6) is 0. The maximum atomic E-state index is 11.9. The van der Waals surface area contributed by atoms with Crippen LogP contribution in [0.4, 0.5) is 0 Å². The summed E-state index contributed by atoms with van der Waals surface area (Å²) in [6.45, 7) is 5.95. The summed E-state index contributed by atoms with van der Waals surface area (Å²) < 4.78 is 7.08. The molecule has 1 unspecified atom stereocenters. The van der Waals surface area contributed by atoms with Crippen LogP contribution in [0.5, 0.6) is 0 Å². The highest BCUT2D eigenvalue weighted by Crippen LogP contribution is 2.13. The minimum Gasteiger partial charge on any atom is -0.374 e. The van der Waals surface area contributed by atoms with Crippen LogP contribution in [0.15, 0.2) is 11.1 Å². The zero-order chi connectivity index (χ0) is 13.1. The van der Waals surface area contributed by atoms with Gasteiger partial charge in [0.15, 0.2) is 5.15 Å². The van der Waals surface area contributed by atoms with Gasteiger partial charge >= 0.3 is 0 Å². The second-order valence-electron chi connectivity index (χ2n) is 4.19. The number of nitrogens with zero attached hydrogens (tertiary/aromatic N) is 3. The largest absolute Gasteiger partial charge is 0.374 e. The molecule has 100 valence electrons. The summed E-state index contributed by atoms with van der Waals surface area (Å²) in [5, 5.41) is -0.0000114. The van der Waals surface area contributed by atoms with Crippen LogP contribution in [0.25, 0.3) is 0 Å². The summed E-state index contributed by atoms with van der Waals surface area (Å²) >= 11 is 11.5. The monoisotopic (exact) mass is 291 g/mol. The first-order valence-electron chi connectivity index (χ1n) is 5.86. The average molecular weight is 292 g/mol. The van der Waals surface area contributed by atoms with E-state index in [1.165, 1.54) is 10.9 Å². The van der Waals surface area contributed by atoms with Gasteiger partial charge in [0, 0.05) is 13.1 Å². The summed E-state index contributed by atoms with van der Waals surface area (Å²) in [4.78, 5) is 18.0. The Bertz CT molecular complexity index is 478. The fourth-order valence-corrected chi connectivity index (χ4v) is 2.25. The van der Waals surface area contributed by atoms with E-state index in [0.29, 0.717) is 13.2 Å². The zero-order valence-corrected chi connectivity index (χ0v) is 11.6. The van der Waals surface area contributed by atoms with E-state index in [1.807, 2.05) is 0 Å². The molecule has 5 nitrogen and oxygen atoms in total. The fraction of sp³-hybridized carbons (Fsp3) is 0.636. The third kappa shape index (κ3) is 3.03. The van der Waals surface area contributed by atoms with Crippen molar-refractivity contribution < 1.29 is 4.74 Å². The summed E-state index contributed by atoms with van der Waals surface area (Å²) in [7, 11) is 0. The number of aromatic nitrogens is 2. The van der Waals surface area contributed by atoms with Crippen molar-refractivity contribution in [2.75, 3.05) is 26.2 Å². The molecule has 0 spiro atoms. The molecule has 1 saturated heterocycles. The van der Waals surface area contributed by atoms with Crippen molar-refractivity contribution >= 4 is 23.2 Å². The number of morpholine rings is 1. The van der Waals surface area contributed by atoms with Gasteiger partial charge < -0.3 is 4.74 Å². The normalized spacial score (nSPS) is 21.2. The molecule has 7 heteroatoms. The van der Waals surface area contributed by atoms with E-state index in [2.05, 4.69) is 16.8 Å². The molecule has 2 heterocycles. The molecule has 2 rings (SSSR count). The maximum Gasteiger partial charge on any atom is 0.273 e. The van der Waals surface area contributed by atoms with Crippen molar-refractivity contribution in [2.45, 2.75) is 19.6 Å². The molecule has 0 radical (unpaired) electrons. The van der Waals surface area contributed by atoms with Gasteiger partial charge in [0.1, 0.15) is 5.02 Å². The molecule has 0 aromatic carbocycles. The fourth-order valence-electron chi connectivity index (χ4n) is 1.97. The van der Waals surface area contributed by atoms with Gasteiger partial charge in [-0.15, -0.1) is 0 Å². The molecular weight excluding hydrogens is 277 g/mol. The highest BCUT2D eigenvalue weighted by atomic mass is 35.5. The summed E-state index contributed by atoms with van der Waals surface area (Å²) in [6.07, 6.45) is 1.39. The van der Waals surface area contributed by atoms with Crippen molar-refractivity contribution in [3.63, 3.8) is 0 Å². The highest BCUT2D eigenvalue weighted by molar-refractivity contribution is 6.40. The lowest BCUT2D eigenvalue weighted by atomic mass is 10.2. The molecule has 0 saturated carbocycles. The first-order chi connectivity index (χ1) is 8.61. The lowest BCUT2D eigenvalue weighted by Gasteiger charge is -2.32. The minimum atomic E-state index is -0.325. The van der Waals surface area contributed by atoms with Gasteiger partial charge in [0.2, 0.25) is 0 Å². The molecule has 0 amide bonds. The van der Waals surface area contributed by atoms with Crippen LogP contribution in [0.1, 0.15) is 6.92 Å². The number of hydrogen-bond donors (Lipinski definition) is 0. The van der Waals surface area contributed by atoms with Crippen LogP contribution in [-0.4, -0.2) is 46.8 Å². The average Bonchev–Trinajstić information content (AvgIpc) is 2.40. The molecule has 0 bridgehead atoms. The lowest BCUT2D eigenvalue weighted by molar-refractivity contribution is -0.0348. The van der Waals surface area contributed by atoms with Crippen LogP contribution in [0.3, 0.4) is 0 Å². The maximum absolute atomic E-state index is 11.9. The van der Waals surface area contributed by atoms with Crippen LogP contribution >= 0.6 is 23.2 Å². The van der Waals surface area contributed by atoms with Crippen LogP contribution in [-0.2, 0) is 11.3 Å². The summed E-state index contributed by atoms with van der Waals surface area (Å²) in [5.41, 5.74) is -0.325. The second-order valence-corrected chi connectivity index (χ2v) is 4.93. The van der Waals surface area contributed by atoms with Gasteiger partial charge in [-0.05, 0) is 6.54 Å². The zero-order valence-electron chi connectivity index (χ0n) is 10.1. The van der Waals surface area contributed by atoms with Crippen LogP contribution < -0.4 is 5.56 Å². The molecule has 0 N–H and O–H groups in total. The van der Waals surface area contributed by atoms with Gasteiger partial charge in [-0.3, -0.25) is 14.3 Å². The topological polar surface area (TPSA) is 47.4 Å². The highest BCUT2D eigenvalue weighted by Gasteiger charge is 2.20. The Kier molecular flexibility index (Phi) is 4.61. The lowest BCUT2D eigenvalue weighted by Crippen LogP contribution is -2.45. The Morgan fingerprint density at radius 2 is 2.33 bits per heavy atom. The first kappa shape index (κ1) is 13.8. The minimum absolute atomic E-state index is 0.0181. The van der Waals surface area contributed by atoms with Crippen molar-refractivity contribution in [2.24, 2.45) is 0 Å². The molecule has 18 heavy (non-hydrogen) atoms. The SMILES string of the molecule is CCN1CCOC(Cn2cnc(Cl)c(Cl)c2=O)C1. The van der Waals surface area contributed by atoms with Gasteiger partial charge in [-0.1, -0.05) is 30.1 Å². The molecule has 1 aliphatic rings. The Hall–Kier alpha value is -0.620. The van der Waals surface area contributed by atoms with E-state index in [4.69, 9.17) is 27.9 Å². The molecule has 1 aromatic heterocycles. The Labute approximate surface area is 115 Å². The van der Waals surface area contributed by atoms with Crippen molar-refractivity contribution in [1.82, 2.24) is 14.5 Å². The standard InChI is InChI=1S/C11H15Cl2N3O2/c1-2-15-3-4-18-8(5-15)6-16-7-14-10(13)9(12)11(16)17/h7-8H,2-6H2,1H3. The van der Waals surface area contributed by atoms with Gasteiger partial charge in [-0.25, -0.2) is 4.98 Å². The molecule has 1 atom stereocenters. The van der Waals surface area contributed by atoms with Gasteiger partial charge in [0.25, 0.3) is 5.56 Å². The first-order valence-corrected chi connectivity index (χ1v) is 6.61. The van der Waals surface area contributed by atoms with E-state index in [-0.39, 0.29) is 21.8 Å². The Morgan fingerprint density at radius 1 is 1.56 bits per heavy atom. The molecule has 1 aromatic rings. The quantitative estimate of drug-likeness (QED) is 0.787. The number of rotatable bonds is 3. The second kappa shape index (κ2) is 6.02. The Morgan fingerprint density at radius 3 is 3.06 bits per heavy atom. The van der Waals surface area contributed by atoms with E-state index < -0.39 is 0 Å². The van der Waals surface area contributed by atoms with Gasteiger partial charge in [0.05, 0.1) is 25.6 Å². The van der Waals surface area contributed by atoms with Gasteiger partial charge in [-0.2, -0.15) is 0 Å². The third-order valence-electron chi connectivity index (χ3n) is 3.01. The van der Waals surface area contributed by atoms with Crippen LogP contribution in [0.2, 0.25) is 10.2 Å². The van der Waals surface area contributed by atoms with E-state index in [0.717, 1.165) is 19.6 Å². The smallest absolute Gasteiger partial charge is 0.273 e. The molecular formula is C11H15Cl2N3O2. The predicted molar refractivity (Wildman–Crippen MR) is 70.4 cm³/mol. The number of halogens is 2. The molecule has 1 fully saturated rings. The predicted octanol–water partition coefficient (Wildman–Crippen LogP) is 1.27. The number of likely N-dealkylation sites (N-methyl/N-ethyl adjacent to an activating group) is 1.